The second kappa shape index (κ2) is 6.12. The lowest BCUT2D eigenvalue weighted by atomic mass is 9.83. The van der Waals surface area contributed by atoms with Crippen LogP contribution in [0.1, 0.15) is 29.1 Å². The standard InChI is InChI=1S/C23H19N3O2S/c1-23(2)15-8-4-5-9-16(15)25(3)19(23)13-17(27)18-12-14-21(29-18)24-20-10-6-7-11-26(20)22(14)28/h4-13H,1-3H3/b19-13+. The molecule has 3 aromatic heterocycles. The number of para-hydroxylation sites is 1. The number of carbonyl (C=O) groups excluding carboxylic acids is 1. The maximum atomic E-state index is 13.1. The molecule has 1 aliphatic rings. The third-order valence-corrected chi connectivity index (χ3v) is 6.71. The Labute approximate surface area is 171 Å². The SMILES string of the molecule is CN1/C(=C/C(=O)c2cc3c(=O)n4ccccc4nc3s2)C(C)(C)c2ccccc21. The molecule has 0 N–H and O–H groups in total. The number of carbonyl (C=O) groups is 1. The van der Waals surface area contributed by atoms with E-state index >= 15 is 0 Å². The average Bonchev–Trinajstić information content (AvgIpc) is 3.22. The van der Waals surface area contributed by atoms with Crippen LogP contribution in [0.4, 0.5) is 5.69 Å². The number of anilines is 1. The summed E-state index contributed by atoms with van der Waals surface area (Å²) in [5.74, 6) is -0.107. The Hall–Kier alpha value is -3.25. The van der Waals surface area contributed by atoms with Crippen molar-refractivity contribution >= 4 is 38.7 Å². The van der Waals surface area contributed by atoms with Gasteiger partial charge in [-0.3, -0.25) is 14.0 Å². The molecule has 5 rings (SSSR count). The highest BCUT2D eigenvalue weighted by molar-refractivity contribution is 7.20. The van der Waals surface area contributed by atoms with Gasteiger partial charge in [-0.05, 0) is 29.8 Å². The van der Waals surface area contributed by atoms with E-state index in [1.54, 1.807) is 30.5 Å². The minimum Gasteiger partial charge on any atom is -0.347 e. The number of aromatic nitrogens is 2. The number of thiophene rings is 1. The first-order chi connectivity index (χ1) is 13.9. The van der Waals surface area contributed by atoms with Gasteiger partial charge in [-0.1, -0.05) is 38.1 Å². The summed E-state index contributed by atoms with van der Waals surface area (Å²) in [4.78, 5) is 33.6. The first-order valence-corrected chi connectivity index (χ1v) is 10.2. The van der Waals surface area contributed by atoms with E-state index < -0.39 is 0 Å². The van der Waals surface area contributed by atoms with E-state index in [-0.39, 0.29) is 16.8 Å². The van der Waals surface area contributed by atoms with Crippen LogP contribution in [0, 0.1) is 0 Å². The van der Waals surface area contributed by atoms with E-state index in [4.69, 9.17) is 0 Å². The van der Waals surface area contributed by atoms with Gasteiger partial charge in [0.1, 0.15) is 10.5 Å². The van der Waals surface area contributed by atoms with E-state index in [1.807, 2.05) is 25.2 Å². The van der Waals surface area contributed by atoms with Crippen molar-refractivity contribution in [1.82, 2.24) is 9.38 Å². The van der Waals surface area contributed by atoms with Crippen LogP contribution in [0.3, 0.4) is 0 Å². The van der Waals surface area contributed by atoms with Crippen LogP contribution < -0.4 is 10.5 Å². The molecule has 0 atom stereocenters. The minimum absolute atomic E-state index is 0.107. The number of nitrogens with zero attached hydrogens (tertiary/aromatic N) is 3. The Morgan fingerprint density at radius 1 is 1.14 bits per heavy atom. The number of fused-ring (bicyclic) bond motifs is 3. The second-order valence-electron chi connectivity index (χ2n) is 7.77. The molecule has 0 spiro atoms. The fourth-order valence-corrected chi connectivity index (χ4v) is 5.06. The van der Waals surface area contributed by atoms with Crippen molar-refractivity contribution in [2.45, 2.75) is 19.3 Å². The molecule has 4 heterocycles. The molecule has 5 nitrogen and oxygen atoms in total. The zero-order valence-electron chi connectivity index (χ0n) is 16.3. The number of hydrogen-bond donors (Lipinski definition) is 0. The summed E-state index contributed by atoms with van der Waals surface area (Å²) in [6.45, 7) is 4.25. The van der Waals surface area contributed by atoms with Crippen molar-refractivity contribution in [3.63, 3.8) is 0 Å². The molecule has 29 heavy (non-hydrogen) atoms. The van der Waals surface area contributed by atoms with Gasteiger partial charge in [0.25, 0.3) is 5.56 Å². The molecule has 4 aromatic rings. The number of ketones is 1. The summed E-state index contributed by atoms with van der Waals surface area (Å²) in [5.41, 5.74) is 3.40. The van der Waals surface area contributed by atoms with Gasteiger partial charge in [0.2, 0.25) is 0 Å². The predicted octanol–water partition coefficient (Wildman–Crippen LogP) is 4.40. The predicted molar refractivity (Wildman–Crippen MR) is 117 cm³/mol. The highest BCUT2D eigenvalue weighted by Gasteiger charge is 2.38. The number of pyridine rings is 1. The Balaban J connectivity index is 1.61. The summed E-state index contributed by atoms with van der Waals surface area (Å²) < 4.78 is 1.51. The van der Waals surface area contributed by atoms with Crippen molar-refractivity contribution in [2.75, 3.05) is 11.9 Å². The summed E-state index contributed by atoms with van der Waals surface area (Å²) >= 11 is 1.27. The van der Waals surface area contributed by atoms with Gasteiger partial charge in [-0.25, -0.2) is 4.98 Å². The van der Waals surface area contributed by atoms with Crippen LogP contribution in [-0.2, 0) is 5.41 Å². The molecule has 1 aliphatic heterocycles. The van der Waals surface area contributed by atoms with Crippen LogP contribution >= 0.6 is 11.3 Å². The number of rotatable bonds is 2. The van der Waals surface area contributed by atoms with Gasteiger partial charge in [-0.15, -0.1) is 11.3 Å². The fourth-order valence-electron chi connectivity index (χ4n) is 4.12. The fraction of sp³-hybridized carbons (Fsp3) is 0.174. The van der Waals surface area contributed by atoms with Crippen LogP contribution in [0.15, 0.2) is 71.3 Å². The topological polar surface area (TPSA) is 54.7 Å². The first-order valence-electron chi connectivity index (χ1n) is 9.38. The van der Waals surface area contributed by atoms with Crippen molar-refractivity contribution in [1.29, 1.82) is 0 Å². The molecular weight excluding hydrogens is 382 g/mol. The molecule has 0 saturated carbocycles. The van der Waals surface area contributed by atoms with Crippen LogP contribution in [0.2, 0.25) is 0 Å². The zero-order chi connectivity index (χ0) is 20.3. The molecule has 0 fully saturated rings. The van der Waals surface area contributed by atoms with E-state index in [9.17, 15) is 9.59 Å². The Morgan fingerprint density at radius 3 is 2.69 bits per heavy atom. The number of likely N-dealkylation sites (N-methyl/N-ethyl adjacent to an activating group) is 1. The number of allylic oxidation sites excluding steroid dienone is 2. The Kier molecular flexibility index (Phi) is 3.76. The summed E-state index contributed by atoms with van der Waals surface area (Å²) in [5, 5.41) is 0.475. The third-order valence-electron chi connectivity index (χ3n) is 5.67. The smallest absolute Gasteiger partial charge is 0.266 e. The molecule has 0 amide bonds. The highest BCUT2D eigenvalue weighted by atomic mass is 32.1. The van der Waals surface area contributed by atoms with Gasteiger partial charge in [0.05, 0.1) is 10.3 Å². The molecule has 0 saturated heterocycles. The van der Waals surface area contributed by atoms with Crippen LogP contribution in [0.5, 0.6) is 0 Å². The molecule has 0 unspecified atom stereocenters. The van der Waals surface area contributed by atoms with Crippen molar-refractivity contribution in [3.8, 4) is 0 Å². The van der Waals surface area contributed by atoms with Gasteiger partial charge in [0, 0.05) is 36.1 Å². The van der Waals surface area contributed by atoms with Crippen molar-refractivity contribution in [3.05, 3.63) is 87.3 Å². The second-order valence-corrected chi connectivity index (χ2v) is 8.80. The van der Waals surface area contributed by atoms with Crippen LogP contribution in [0.25, 0.3) is 15.9 Å². The zero-order valence-corrected chi connectivity index (χ0v) is 17.2. The Morgan fingerprint density at radius 2 is 1.90 bits per heavy atom. The summed E-state index contributed by atoms with van der Waals surface area (Å²) in [6, 6.07) is 15.3. The molecule has 144 valence electrons. The molecule has 1 aromatic carbocycles. The molecule has 0 radical (unpaired) electrons. The third kappa shape index (κ3) is 2.56. The van der Waals surface area contributed by atoms with Gasteiger partial charge >= 0.3 is 0 Å². The highest BCUT2D eigenvalue weighted by Crippen LogP contribution is 2.46. The maximum absolute atomic E-state index is 13.1. The summed E-state index contributed by atoms with van der Waals surface area (Å²) in [6.07, 6.45) is 3.39. The molecule has 6 heteroatoms. The first kappa shape index (κ1) is 17.8. The Bertz CT molecular complexity index is 1390. The quantitative estimate of drug-likeness (QED) is 0.369. The minimum atomic E-state index is -0.274. The lowest BCUT2D eigenvalue weighted by molar-refractivity contribution is 0.104. The van der Waals surface area contributed by atoms with Gasteiger partial charge < -0.3 is 4.90 Å². The van der Waals surface area contributed by atoms with E-state index in [0.29, 0.717) is 20.7 Å². The van der Waals surface area contributed by atoms with Crippen molar-refractivity contribution < 1.29 is 4.79 Å². The van der Waals surface area contributed by atoms with Crippen LogP contribution in [-0.4, -0.2) is 22.2 Å². The van der Waals surface area contributed by atoms with Gasteiger partial charge in [-0.2, -0.15) is 0 Å². The normalized spacial score (nSPS) is 16.7. The monoisotopic (exact) mass is 401 g/mol. The number of hydrogen-bond acceptors (Lipinski definition) is 5. The summed E-state index contributed by atoms with van der Waals surface area (Å²) in [7, 11) is 1.98. The molecular formula is C23H19N3O2S. The lowest BCUT2D eigenvalue weighted by Gasteiger charge is -2.23. The number of benzene rings is 1. The lowest BCUT2D eigenvalue weighted by Crippen LogP contribution is -2.24. The van der Waals surface area contributed by atoms with E-state index in [2.05, 4.69) is 35.9 Å². The van der Waals surface area contributed by atoms with E-state index in [0.717, 1.165) is 11.4 Å². The molecule has 0 bridgehead atoms. The molecule has 0 aliphatic carbocycles. The van der Waals surface area contributed by atoms with Gasteiger partial charge in [0.15, 0.2) is 5.78 Å². The largest absolute Gasteiger partial charge is 0.347 e. The average molecular weight is 401 g/mol. The maximum Gasteiger partial charge on any atom is 0.266 e. The van der Waals surface area contributed by atoms with E-state index in [1.165, 1.54) is 21.3 Å². The van der Waals surface area contributed by atoms with Crippen molar-refractivity contribution in [2.24, 2.45) is 0 Å².